The van der Waals surface area contributed by atoms with Gasteiger partial charge in [-0.25, -0.2) is 0 Å². The van der Waals surface area contributed by atoms with Crippen LogP contribution in [0.1, 0.15) is 18.1 Å². The lowest BCUT2D eigenvalue weighted by atomic mass is 10.0. The highest BCUT2D eigenvalue weighted by Gasteiger charge is 2.07. The number of allylic oxidation sites excluding steroid dienone is 1. The third-order valence-electron chi connectivity index (χ3n) is 2.04. The van der Waals surface area contributed by atoms with E-state index in [0.29, 0.717) is 17.0 Å². The molecule has 1 nitrogen and oxygen atoms in total. The Hall–Kier alpha value is -1.08. The average molecular weight is 209 g/mol. The van der Waals surface area contributed by atoms with Gasteiger partial charge in [0, 0.05) is 11.4 Å². The smallest absolute Gasteiger partial charge is 0.162 e. The molecule has 0 bridgehead atoms. The number of rotatable bonds is 3. The molecule has 0 heterocycles. The SMILES string of the molecule is C=C(C)C(=O)Cc1ccc(C)cc1Cl. The lowest BCUT2D eigenvalue weighted by Crippen LogP contribution is -2.03. The fourth-order valence-corrected chi connectivity index (χ4v) is 1.42. The second kappa shape index (κ2) is 4.43. The minimum absolute atomic E-state index is 0.0377. The van der Waals surface area contributed by atoms with Gasteiger partial charge in [0.2, 0.25) is 0 Å². The lowest BCUT2D eigenvalue weighted by Gasteiger charge is -2.04. The van der Waals surface area contributed by atoms with E-state index in [1.54, 1.807) is 6.92 Å². The highest BCUT2D eigenvalue weighted by atomic mass is 35.5. The minimum Gasteiger partial charge on any atom is -0.294 e. The van der Waals surface area contributed by atoms with Gasteiger partial charge in [-0.2, -0.15) is 0 Å². The molecule has 0 fully saturated rings. The van der Waals surface area contributed by atoms with Crippen molar-refractivity contribution in [1.82, 2.24) is 0 Å². The van der Waals surface area contributed by atoms with Crippen LogP contribution in [0.5, 0.6) is 0 Å². The van der Waals surface area contributed by atoms with E-state index in [1.165, 1.54) is 0 Å². The van der Waals surface area contributed by atoms with E-state index >= 15 is 0 Å². The predicted octanol–water partition coefficient (Wildman–Crippen LogP) is 3.34. The van der Waals surface area contributed by atoms with E-state index in [9.17, 15) is 4.79 Å². The van der Waals surface area contributed by atoms with E-state index in [2.05, 4.69) is 6.58 Å². The van der Waals surface area contributed by atoms with Gasteiger partial charge in [0.05, 0.1) is 0 Å². The van der Waals surface area contributed by atoms with Crippen LogP contribution < -0.4 is 0 Å². The van der Waals surface area contributed by atoms with Gasteiger partial charge < -0.3 is 0 Å². The molecule has 0 aromatic heterocycles. The van der Waals surface area contributed by atoms with Crippen molar-refractivity contribution in [3.63, 3.8) is 0 Å². The van der Waals surface area contributed by atoms with Crippen molar-refractivity contribution in [2.45, 2.75) is 20.3 Å². The van der Waals surface area contributed by atoms with Crippen LogP contribution in [0.4, 0.5) is 0 Å². The molecule has 74 valence electrons. The first-order valence-corrected chi connectivity index (χ1v) is 4.82. The predicted molar refractivity (Wildman–Crippen MR) is 59.7 cm³/mol. The van der Waals surface area contributed by atoms with Gasteiger partial charge in [-0.05, 0) is 36.6 Å². The number of ketones is 1. The standard InChI is InChI=1S/C12H13ClO/c1-8(2)12(14)7-10-5-4-9(3)6-11(10)13/h4-6H,1,7H2,2-3H3. The van der Waals surface area contributed by atoms with Crippen LogP contribution in [0.25, 0.3) is 0 Å². The summed E-state index contributed by atoms with van der Waals surface area (Å²) in [6.07, 6.45) is 0.342. The van der Waals surface area contributed by atoms with Crippen LogP contribution in [-0.4, -0.2) is 5.78 Å². The zero-order chi connectivity index (χ0) is 10.7. The van der Waals surface area contributed by atoms with Crippen molar-refractivity contribution in [3.8, 4) is 0 Å². The molecule has 0 radical (unpaired) electrons. The molecule has 0 spiro atoms. The maximum atomic E-state index is 11.4. The molecular weight excluding hydrogens is 196 g/mol. The fraction of sp³-hybridized carbons (Fsp3) is 0.250. The van der Waals surface area contributed by atoms with Crippen molar-refractivity contribution >= 4 is 17.4 Å². The van der Waals surface area contributed by atoms with Crippen LogP contribution >= 0.6 is 11.6 Å². The Balaban J connectivity index is 2.87. The largest absolute Gasteiger partial charge is 0.294 e. The Labute approximate surface area is 89.4 Å². The van der Waals surface area contributed by atoms with Gasteiger partial charge in [0.25, 0.3) is 0 Å². The Morgan fingerprint density at radius 3 is 2.64 bits per heavy atom. The van der Waals surface area contributed by atoms with Crippen LogP contribution in [0.3, 0.4) is 0 Å². The van der Waals surface area contributed by atoms with Crippen molar-refractivity contribution in [2.24, 2.45) is 0 Å². The lowest BCUT2D eigenvalue weighted by molar-refractivity contribution is -0.114. The second-order valence-electron chi connectivity index (χ2n) is 3.48. The Morgan fingerprint density at radius 2 is 2.14 bits per heavy atom. The van der Waals surface area contributed by atoms with Crippen molar-refractivity contribution in [1.29, 1.82) is 0 Å². The van der Waals surface area contributed by atoms with Crippen LogP contribution in [0, 0.1) is 6.92 Å². The van der Waals surface area contributed by atoms with Gasteiger partial charge in [-0.1, -0.05) is 30.3 Å². The van der Waals surface area contributed by atoms with Gasteiger partial charge in [-0.3, -0.25) is 4.79 Å². The maximum Gasteiger partial charge on any atom is 0.162 e. The summed E-state index contributed by atoms with van der Waals surface area (Å²) in [6.45, 7) is 7.29. The molecule has 0 amide bonds. The number of benzene rings is 1. The molecular formula is C12H13ClO. The molecule has 14 heavy (non-hydrogen) atoms. The highest BCUT2D eigenvalue weighted by molar-refractivity contribution is 6.31. The fourth-order valence-electron chi connectivity index (χ4n) is 1.12. The summed E-state index contributed by atoms with van der Waals surface area (Å²) in [5.41, 5.74) is 2.54. The number of carbonyl (C=O) groups excluding carboxylic acids is 1. The molecule has 2 heteroatoms. The number of carbonyl (C=O) groups is 1. The second-order valence-corrected chi connectivity index (χ2v) is 3.88. The monoisotopic (exact) mass is 208 g/mol. The Morgan fingerprint density at radius 1 is 1.50 bits per heavy atom. The molecule has 0 N–H and O–H groups in total. The zero-order valence-electron chi connectivity index (χ0n) is 8.43. The molecule has 1 aromatic carbocycles. The van der Waals surface area contributed by atoms with Crippen LogP contribution in [-0.2, 0) is 11.2 Å². The van der Waals surface area contributed by atoms with Gasteiger partial charge in [-0.15, -0.1) is 0 Å². The first-order chi connectivity index (χ1) is 6.50. The van der Waals surface area contributed by atoms with Gasteiger partial charge in [0.1, 0.15) is 0 Å². The molecule has 1 rings (SSSR count). The maximum absolute atomic E-state index is 11.4. The van der Waals surface area contributed by atoms with E-state index < -0.39 is 0 Å². The summed E-state index contributed by atoms with van der Waals surface area (Å²) >= 11 is 6.00. The average Bonchev–Trinajstić information content (AvgIpc) is 2.09. The first kappa shape index (κ1) is 11.0. The van der Waals surface area contributed by atoms with Crippen molar-refractivity contribution < 1.29 is 4.79 Å². The Bertz CT molecular complexity index is 380. The number of Topliss-reactive ketones (excluding diaryl/α,β-unsaturated/α-hetero) is 1. The van der Waals surface area contributed by atoms with Gasteiger partial charge >= 0.3 is 0 Å². The molecule has 0 saturated heterocycles. The molecule has 0 aliphatic heterocycles. The molecule has 0 aliphatic rings. The quantitative estimate of drug-likeness (QED) is 0.697. The number of aryl methyl sites for hydroxylation is 1. The first-order valence-electron chi connectivity index (χ1n) is 4.44. The van der Waals surface area contributed by atoms with Crippen LogP contribution in [0.2, 0.25) is 5.02 Å². The van der Waals surface area contributed by atoms with E-state index in [0.717, 1.165) is 11.1 Å². The van der Waals surface area contributed by atoms with Crippen molar-refractivity contribution in [2.75, 3.05) is 0 Å². The number of hydrogen-bond donors (Lipinski definition) is 0. The molecule has 0 unspecified atom stereocenters. The minimum atomic E-state index is 0.0377. The summed E-state index contributed by atoms with van der Waals surface area (Å²) in [7, 11) is 0. The van der Waals surface area contributed by atoms with E-state index in [1.807, 2.05) is 25.1 Å². The zero-order valence-corrected chi connectivity index (χ0v) is 9.19. The number of hydrogen-bond acceptors (Lipinski definition) is 1. The summed E-state index contributed by atoms with van der Waals surface area (Å²) in [5, 5.41) is 0.652. The van der Waals surface area contributed by atoms with Crippen LogP contribution in [0.15, 0.2) is 30.4 Å². The molecule has 0 aliphatic carbocycles. The summed E-state index contributed by atoms with van der Waals surface area (Å²) in [5.74, 6) is 0.0377. The molecule has 0 atom stereocenters. The van der Waals surface area contributed by atoms with E-state index in [4.69, 9.17) is 11.6 Å². The Kier molecular flexibility index (Phi) is 3.48. The topological polar surface area (TPSA) is 17.1 Å². The summed E-state index contributed by atoms with van der Waals surface area (Å²) in [4.78, 5) is 11.4. The van der Waals surface area contributed by atoms with Crippen molar-refractivity contribution in [3.05, 3.63) is 46.5 Å². The third kappa shape index (κ3) is 2.71. The van der Waals surface area contributed by atoms with Gasteiger partial charge in [0.15, 0.2) is 5.78 Å². The molecule has 1 aromatic rings. The van der Waals surface area contributed by atoms with E-state index in [-0.39, 0.29) is 5.78 Å². The molecule has 0 saturated carbocycles. The normalized spacial score (nSPS) is 9.93. The summed E-state index contributed by atoms with van der Waals surface area (Å²) in [6, 6.07) is 5.70. The number of halogens is 1. The summed E-state index contributed by atoms with van der Waals surface area (Å²) < 4.78 is 0. The third-order valence-corrected chi connectivity index (χ3v) is 2.39. The highest BCUT2D eigenvalue weighted by Crippen LogP contribution is 2.18.